The molecule has 1 aliphatic rings. The number of amides is 1. The van der Waals surface area contributed by atoms with Crippen LogP contribution >= 0.6 is 24.8 Å². The fourth-order valence-corrected chi connectivity index (χ4v) is 1.22. The Morgan fingerprint density at radius 3 is 2.42 bits per heavy atom. The molecule has 1 atom stereocenters. The number of halogens is 2. The minimum atomic E-state index is 0. The summed E-state index contributed by atoms with van der Waals surface area (Å²) in [7, 11) is 0. The molecule has 1 amide bonds. The molecule has 0 bridgehead atoms. The van der Waals surface area contributed by atoms with Gasteiger partial charge in [0, 0.05) is 32.6 Å². The van der Waals surface area contributed by atoms with Gasteiger partial charge in [-0.25, -0.2) is 0 Å². The molecular formula is C7H16Cl2N2O. The highest BCUT2D eigenvalue weighted by molar-refractivity contribution is 5.85. The number of nitrogens with zero attached hydrogens (tertiary/aromatic N) is 1. The van der Waals surface area contributed by atoms with Crippen molar-refractivity contribution >= 4 is 30.7 Å². The highest BCUT2D eigenvalue weighted by Gasteiger charge is 2.16. The van der Waals surface area contributed by atoms with Crippen LogP contribution in [-0.4, -0.2) is 36.5 Å². The van der Waals surface area contributed by atoms with Gasteiger partial charge in [0.2, 0.25) is 5.91 Å². The van der Waals surface area contributed by atoms with Crippen LogP contribution in [0.15, 0.2) is 0 Å². The Kier molecular flexibility index (Phi) is 7.89. The standard InChI is InChI=1S/C7H14N2O.2ClH/c1-6-5-9(7(2)10)4-3-8-6;;/h6,8H,3-5H2,1-2H3;2*1H/t6-;;/m1../s1. The monoisotopic (exact) mass is 214 g/mol. The van der Waals surface area contributed by atoms with Crippen molar-refractivity contribution in [1.29, 1.82) is 0 Å². The summed E-state index contributed by atoms with van der Waals surface area (Å²) in [5, 5.41) is 3.27. The van der Waals surface area contributed by atoms with Crippen LogP contribution in [-0.2, 0) is 4.79 Å². The molecule has 0 unspecified atom stereocenters. The lowest BCUT2D eigenvalue weighted by molar-refractivity contribution is -0.129. The molecule has 5 heteroatoms. The van der Waals surface area contributed by atoms with Gasteiger partial charge >= 0.3 is 0 Å². The first-order valence-electron chi connectivity index (χ1n) is 3.69. The Balaban J connectivity index is 0. The van der Waals surface area contributed by atoms with Crippen molar-refractivity contribution in [2.24, 2.45) is 0 Å². The van der Waals surface area contributed by atoms with Gasteiger partial charge in [-0.15, -0.1) is 24.8 Å². The summed E-state index contributed by atoms with van der Waals surface area (Å²) in [6.45, 7) is 6.36. The van der Waals surface area contributed by atoms with E-state index in [0.29, 0.717) is 6.04 Å². The smallest absolute Gasteiger partial charge is 0.219 e. The van der Waals surface area contributed by atoms with E-state index in [-0.39, 0.29) is 30.7 Å². The maximum Gasteiger partial charge on any atom is 0.219 e. The molecule has 0 aliphatic carbocycles. The van der Waals surface area contributed by atoms with Crippen molar-refractivity contribution in [2.45, 2.75) is 19.9 Å². The molecule has 1 N–H and O–H groups in total. The summed E-state index contributed by atoms with van der Waals surface area (Å²) in [4.78, 5) is 12.7. The molecule has 1 rings (SSSR count). The van der Waals surface area contributed by atoms with Gasteiger partial charge in [-0.1, -0.05) is 0 Å². The van der Waals surface area contributed by atoms with Crippen LogP contribution in [0, 0.1) is 0 Å². The second-order valence-corrected chi connectivity index (χ2v) is 2.82. The summed E-state index contributed by atoms with van der Waals surface area (Å²) in [5.41, 5.74) is 0. The lowest BCUT2D eigenvalue weighted by Crippen LogP contribution is -2.50. The summed E-state index contributed by atoms with van der Waals surface area (Å²) < 4.78 is 0. The second kappa shape index (κ2) is 6.52. The van der Waals surface area contributed by atoms with E-state index in [1.165, 1.54) is 0 Å². The van der Waals surface area contributed by atoms with Gasteiger partial charge in [0.25, 0.3) is 0 Å². The summed E-state index contributed by atoms with van der Waals surface area (Å²) >= 11 is 0. The maximum absolute atomic E-state index is 10.8. The third kappa shape index (κ3) is 4.14. The van der Waals surface area contributed by atoms with E-state index in [9.17, 15) is 4.79 Å². The van der Waals surface area contributed by atoms with E-state index in [4.69, 9.17) is 0 Å². The molecular weight excluding hydrogens is 199 g/mol. The number of piperazine rings is 1. The number of nitrogens with one attached hydrogen (secondary N) is 1. The predicted octanol–water partition coefficient (Wildman–Crippen LogP) is 0.670. The van der Waals surface area contributed by atoms with Crippen LogP contribution in [0.4, 0.5) is 0 Å². The Labute approximate surface area is 85.7 Å². The van der Waals surface area contributed by atoms with E-state index in [1.54, 1.807) is 6.92 Å². The van der Waals surface area contributed by atoms with Gasteiger partial charge in [-0.05, 0) is 6.92 Å². The molecule has 3 nitrogen and oxygen atoms in total. The average molecular weight is 215 g/mol. The highest BCUT2D eigenvalue weighted by Crippen LogP contribution is 1.97. The van der Waals surface area contributed by atoms with Crippen LogP contribution in [0.5, 0.6) is 0 Å². The van der Waals surface area contributed by atoms with Gasteiger partial charge in [0.05, 0.1) is 0 Å². The van der Waals surface area contributed by atoms with E-state index < -0.39 is 0 Å². The molecule has 1 fully saturated rings. The molecule has 74 valence electrons. The highest BCUT2D eigenvalue weighted by atomic mass is 35.5. The first-order valence-corrected chi connectivity index (χ1v) is 3.69. The number of carbonyl (C=O) groups is 1. The fourth-order valence-electron chi connectivity index (χ4n) is 1.22. The van der Waals surface area contributed by atoms with Crippen molar-refractivity contribution in [3.05, 3.63) is 0 Å². The zero-order valence-corrected chi connectivity index (χ0v) is 9.00. The minimum Gasteiger partial charge on any atom is -0.340 e. The fraction of sp³-hybridized carbons (Fsp3) is 0.857. The lowest BCUT2D eigenvalue weighted by atomic mass is 10.2. The van der Waals surface area contributed by atoms with E-state index >= 15 is 0 Å². The average Bonchev–Trinajstić information content (AvgIpc) is 1.88. The van der Waals surface area contributed by atoms with Crippen LogP contribution in [0.3, 0.4) is 0 Å². The predicted molar refractivity (Wildman–Crippen MR) is 54.2 cm³/mol. The van der Waals surface area contributed by atoms with Crippen LogP contribution in [0.25, 0.3) is 0 Å². The van der Waals surface area contributed by atoms with Crippen molar-refractivity contribution in [3.8, 4) is 0 Å². The third-order valence-corrected chi connectivity index (χ3v) is 1.81. The van der Waals surface area contributed by atoms with Crippen molar-refractivity contribution in [2.75, 3.05) is 19.6 Å². The SMILES string of the molecule is CC(=O)N1CCN[C@H](C)C1.Cl.Cl. The van der Waals surface area contributed by atoms with Crippen LogP contribution in [0.2, 0.25) is 0 Å². The van der Waals surface area contributed by atoms with Crippen molar-refractivity contribution in [1.82, 2.24) is 10.2 Å². The number of hydrogen-bond acceptors (Lipinski definition) is 2. The number of rotatable bonds is 0. The first-order chi connectivity index (χ1) is 4.70. The molecule has 0 aromatic heterocycles. The molecule has 1 saturated heterocycles. The van der Waals surface area contributed by atoms with Crippen LogP contribution < -0.4 is 5.32 Å². The Morgan fingerprint density at radius 2 is 2.08 bits per heavy atom. The minimum absolute atomic E-state index is 0. The van der Waals surface area contributed by atoms with Gasteiger partial charge in [0.15, 0.2) is 0 Å². The van der Waals surface area contributed by atoms with E-state index in [0.717, 1.165) is 19.6 Å². The van der Waals surface area contributed by atoms with Gasteiger partial charge in [-0.2, -0.15) is 0 Å². The second-order valence-electron chi connectivity index (χ2n) is 2.82. The summed E-state index contributed by atoms with van der Waals surface area (Å²) in [6.07, 6.45) is 0. The topological polar surface area (TPSA) is 32.3 Å². The summed E-state index contributed by atoms with van der Waals surface area (Å²) in [5.74, 6) is 0.188. The van der Waals surface area contributed by atoms with E-state index in [2.05, 4.69) is 12.2 Å². The molecule has 1 aliphatic heterocycles. The van der Waals surface area contributed by atoms with Crippen molar-refractivity contribution < 1.29 is 4.79 Å². The molecule has 0 saturated carbocycles. The zero-order valence-electron chi connectivity index (χ0n) is 7.37. The Morgan fingerprint density at radius 1 is 1.50 bits per heavy atom. The van der Waals surface area contributed by atoms with Gasteiger partial charge < -0.3 is 10.2 Å². The molecule has 0 aromatic carbocycles. The van der Waals surface area contributed by atoms with Crippen molar-refractivity contribution in [3.63, 3.8) is 0 Å². The maximum atomic E-state index is 10.8. The lowest BCUT2D eigenvalue weighted by Gasteiger charge is -2.30. The molecule has 0 radical (unpaired) electrons. The first kappa shape index (κ1) is 14.5. The Hall–Kier alpha value is 0.01000. The Bertz CT molecular complexity index is 143. The van der Waals surface area contributed by atoms with E-state index in [1.807, 2.05) is 4.90 Å². The third-order valence-electron chi connectivity index (χ3n) is 1.81. The summed E-state index contributed by atoms with van der Waals surface area (Å²) in [6, 6.07) is 0.456. The number of carbonyl (C=O) groups excluding carboxylic acids is 1. The molecule has 1 heterocycles. The quantitative estimate of drug-likeness (QED) is 0.644. The van der Waals surface area contributed by atoms with Crippen LogP contribution in [0.1, 0.15) is 13.8 Å². The zero-order chi connectivity index (χ0) is 7.56. The van der Waals surface area contributed by atoms with Gasteiger partial charge in [0.1, 0.15) is 0 Å². The molecule has 0 spiro atoms. The number of hydrogen-bond donors (Lipinski definition) is 1. The largest absolute Gasteiger partial charge is 0.340 e. The normalized spacial score (nSPS) is 22.2. The molecule has 12 heavy (non-hydrogen) atoms. The van der Waals surface area contributed by atoms with Gasteiger partial charge in [-0.3, -0.25) is 4.79 Å². The molecule has 0 aromatic rings.